The SMILES string of the molecule is Nc1c(F)ccc(NC(=O)c2cc(NC(=O)[C@H]3[C@H](c4cc(F)c(Cl)c(Cl)c4)C3(Cl)Cl)ccc2Cl)c1F. The van der Waals surface area contributed by atoms with Crippen LogP contribution in [0.2, 0.25) is 15.1 Å². The maximum Gasteiger partial charge on any atom is 0.257 e. The van der Waals surface area contributed by atoms with E-state index in [1.807, 2.05) is 0 Å². The number of carbonyl (C=O) groups is 2. The molecule has 1 saturated carbocycles. The number of nitrogen functional groups attached to an aromatic ring is 1. The Kier molecular flexibility index (Phi) is 7.29. The molecule has 1 fully saturated rings. The molecule has 0 radical (unpaired) electrons. The molecule has 1 aliphatic carbocycles. The van der Waals surface area contributed by atoms with E-state index in [1.165, 1.54) is 24.3 Å². The van der Waals surface area contributed by atoms with Crippen LogP contribution in [-0.2, 0) is 4.79 Å². The standard InChI is InChI=1S/C23H13Cl5F3N3O2/c24-11-2-1-9(7-10(11)21(35)34-15-4-3-13(29)20(32)19(15)31)33-22(36)17-16(23(17,27)28)8-5-12(25)18(26)14(30)6-8/h1-7,16-17H,32H2,(H,33,36)(H,34,35)/t16-,17+/m0/s1. The first-order valence-corrected chi connectivity index (χ1v) is 11.9. The van der Waals surface area contributed by atoms with Crippen LogP contribution in [0.15, 0.2) is 42.5 Å². The lowest BCUT2D eigenvalue weighted by atomic mass is 10.1. The molecular weight excluding hydrogens is 585 g/mol. The fourth-order valence-electron chi connectivity index (χ4n) is 3.67. The van der Waals surface area contributed by atoms with Gasteiger partial charge in [-0.25, -0.2) is 13.2 Å². The summed E-state index contributed by atoms with van der Waals surface area (Å²) in [6.07, 6.45) is 0. The Bertz CT molecular complexity index is 1400. The number of rotatable bonds is 5. The van der Waals surface area contributed by atoms with Crippen molar-refractivity contribution in [1.29, 1.82) is 0 Å². The van der Waals surface area contributed by atoms with E-state index in [-0.39, 0.29) is 37.6 Å². The molecule has 0 aromatic heterocycles. The van der Waals surface area contributed by atoms with Crippen molar-refractivity contribution in [2.45, 2.75) is 10.3 Å². The molecule has 0 unspecified atom stereocenters. The van der Waals surface area contributed by atoms with Gasteiger partial charge < -0.3 is 16.4 Å². The topological polar surface area (TPSA) is 84.2 Å². The highest BCUT2D eigenvalue weighted by molar-refractivity contribution is 6.53. The summed E-state index contributed by atoms with van der Waals surface area (Å²) in [5, 5.41) is 4.48. The quantitative estimate of drug-likeness (QED) is 0.163. The molecule has 0 bridgehead atoms. The van der Waals surface area contributed by atoms with Gasteiger partial charge in [0.2, 0.25) is 5.91 Å². The van der Waals surface area contributed by atoms with Crippen molar-refractivity contribution >= 4 is 86.9 Å². The van der Waals surface area contributed by atoms with Crippen LogP contribution < -0.4 is 16.4 Å². The van der Waals surface area contributed by atoms with Crippen molar-refractivity contribution in [2.75, 3.05) is 16.4 Å². The molecule has 1 aliphatic rings. The minimum absolute atomic E-state index is 0.0133. The first-order valence-electron chi connectivity index (χ1n) is 10.0. The van der Waals surface area contributed by atoms with Gasteiger partial charge in [0.1, 0.15) is 21.7 Å². The van der Waals surface area contributed by atoms with Crippen molar-refractivity contribution in [3.63, 3.8) is 0 Å². The second-order valence-corrected chi connectivity index (χ2v) is 10.5. The van der Waals surface area contributed by atoms with Crippen LogP contribution in [0, 0.1) is 23.4 Å². The van der Waals surface area contributed by atoms with Crippen LogP contribution in [-0.4, -0.2) is 16.1 Å². The van der Waals surface area contributed by atoms with Gasteiger partial charge in [-0.15, -0.1) is 23.2 Å². The summed E-state index contributed by atoms with van der Waals surface area (Å²) in [5.41, 5.74) is 4.48. The number of benzene rings is 3. The third kappa shape index (κ3) is 4.93. The Morgan fingerprint density at radius 3 is 2.25 bits per heavy atom. The number of nitrogens with two attached hydrogens (primary N) is 1. The number of amides is 2. The molecule has 0 heterocycles. The first-order chi connectivity index (χ1) is 16.8. The number of anilines is 3. The summed E-state index contributed by atoms with van der Waals surface area (Å²) in [5.74, 6) is -6.16. The molecule has 36 heavy (non-hydrogen) atoms. The predicted molar refractivity (Wildman–Crippen MR) is 136 cm³/mol. The molecule has 0 saturated heterocycles. The lowest BCUT2D eigenvalue weighted by Crippen LogP contribution is -2.18. The molecule has 0 aliphatic heterocycles. The zero-order chi connectivity index (χ0) is 26.5. The second-order valence-electron chi connectivity index (χ2n) is 7.89. The zero-order valence-electron chi connectivity index (χ0n) is 17.6. The molecular formula is C23H13Cl5F3N3O2. The molecule has 188 valence electrons. The largest absolute Gasteiger partial charge is 0.394 e. The van der Waals surface area contributed by atoms with Gasteiger partial charge in [-0.3, -0.25) is 9.59 Å². The fraction of sp³-hybridized carbons (Fsp3) is 0.130. The van der Waals surface area contributed by atoms with Crippen LogP contribution in [0.3, 0.4) is 0 Å². The highest BCUT2D eigenvalue weighted by Gasteiger charge is 2.67. The molecule has 5 nitrogen and oxygen atoms in total. The summed E-state index contributed by atoms with van der Waals surface area (Å²) in [6.45, 7) is 0. The van der Waals surface area contributed by atoms with E-state index in [4.69, 9.17) is 63.7 Å². The van der Waals surface area contributed by atoms with E-state index in [0.29, 0.717) is 0 Å². The minimum Gasteiger partial charge on any atom is -0.394 e. The lowest BCUT2D eigenvalue weighted by Gasteiger charge is -2.11. The van der Waals surface area contributed by atoms with Crippen molar-refractivity contribution < 1.29 is 22.8 Å². The summed E-state index contributed by atoms with van der Waals surface area (Å²) in [6, 6.07) is 8.33. The second kappa shape index (κ2) is 9.84. The third-order valence-electron chi connectivity index (χ3n) is 5.55. The minimum atomic E-state index is -1.56. The first kappa shape index (κ1) is 26.7. The van der Waals surface area contributed by atoms with Gasteiger partial charge in [0.25, 0.3) is 5.91 Å². The fourth-order valence-corrected chi connectivity index (χ4v) is 5.03. The van der Waals surface area contributed by atoms with Crippen LogP contribution >= 0.6 is 58.0 Å². The molecule has 3 aromatic rings. The molecule has 3 aromatic carbocycles. The molecule has 2 atom stereocenters. The monoisotopic (exact) mass is 595 g/mol. The lowest BCUT2D eigenvalue weighted by molar-refractivity contribution is -0.117. The van der Waals surface area contributed by atoms with E-state index >= 15 is 0 Å². The van der Waals surface area contributed by atoms with Crippen LogP contribution in [0.25, 0.3) is 0 Å². The number of hydrogen-bond donors (Lipinski definition) is 3. The molecule has 13 heteroatoms. The van der Waals surface area contributed by atoms with Gasteiger partial charge in [0, 0.05) is 11.6 Å². The summed E-state index contributed by atoms with van der Waals surface area (Å²) in [7, 11) is 0. The summed E-state index contributed by atoms with van der Waals surface area (Å²) < 4.78 is 40.0. The molecule has 4 N–H and O–H groups in total. The number of alkyl halides is 2. The van der Waals surface area contributed by atoms with Crippen LogP contribution in [0.4, 0.5) is 30.2 Å². The van der Waals surface area contributed by atoms with E-state index < -0.39 is 51.1 Å². The van der Waals surface area contributed by atoms with E-state index in [1.54, 1.807) is 0 Å². The van der Waals surface area contributed by atoms with Gasteiger partial charge >= 0.3 is 0 Å². The van der Waals surface area contributed by atoms with Crippen molar-refractivity contribution in [2.24, 2.45) is 5.92 Å². The summed E-state index contributed by atoms with van der Waals surface area (Å²) >= 11 is 30.4. The van der Waals surface area contributed by atoms with Gasteiger partial charge in [0.05, 0.1) is 32.2 Å². The number of halogens is 8. The Balaban J connectivity index is 1.53. The van der Waals surface area contributed by atoms with Crippen molar-refractivity contribution in [3.05, 3.63) is 86.1 Å². The van der Waals surface area contributed by atoms with Crippen LogP contribution in [0.5, 0.6) is 0 Å². The maximum atomic E-state index is 14.2. The summed E-state index contributed by atoms with van der Waals surface area (Å²) in [4.78, 5) is 25.6. The average Bonchev–Trinajstić information content (AvgIpc) is 3.40. The number of carbonyl (C=O) groups excluding carboxylic acids is 2. The average molecular weight is 598 g/mol. The van der Waals surface area contributed by atoms with Gasteiger partial charge in [-0.2, -0.15) is 0 Å². The highest BCUT2D eigenvalue weighted by Crippen LogP contribution is 2.65. The smallest absolute Gasteiger partial charge is 0.257 e. The zero-order valence-corrected chi connectivity index (χ0v) is 21.4. The Morgan fingerprint density at radius 1 is 0.889 bits per heavy atom. The predicted octanol–water partition coefficient (Wildman–Crippen LogP) is 7.42. The normalized spacial score (nSPS) is 18.0. The van der Waals surface area contributed by atoms with Gasteiger partial charge in [0.15, 0.2) is 5.82 Å². The third-order valence-corrected chi connectivity index (χ3v) is 7.60. The van der Waals surface area contributed by atoms with Crippen molar-refractivity contribution in [3.8, 4) is 0 Å². The van der Waals surface area contributed by atoms with E-state index in [9.17, 15) is 22.8 Å². The molecule has 4 rings (SSSR count). The van der Waals surface area contributed by atoms with Gasteiger partial charge in [-0.1, -0.05) is 34.8 Å². The highest BCUT2D eigenvalue weighted by atomic mass is 35.5. The Hall–Kier alpha value is -2.36. The number of nitrogens with one attached hydrogen (secondary N) is 2. The van der Waals surface area contributed by atoms with Gasteiger partial charge in [-0.05, 0) is 48.0 Å². The maximum absolute atomic E-state index is 14.2. The number of hydrogen-bond acceptors (Lipinski definition) is 3. The Morgan fingerprint density at radius 2 is 1.58 bits per heavy atom. The Labute approximate surface area is 227 Å². The van der Waals surface area contributed by atoms with Crippen molar-refractivity contribution in [1.82, 2.24) is 0 Å². The molecule has 0 spiro atoms. The van der Waals surface area contributed by atoms with Crippen LogP contribution in [0.1, 0.15) is 21.8 Å². The molecule has 2 amide bonds. The van der Waals surface area contributed by atoms with E-state index in [0.717, 1.165) is 18.2 Å². The van der Waals surface area contributed by atoms with E-state index in [2.05, 4.69) is 10.6 Å².